The van der Waals surface area contributed by atoms with Gasteiger partial charge in [-0.05, 0) is 44.0 Å². The van der Waals surface area contributed by atoms with E-state index in [1.165, 1.54) is 18.4 Å². The number of halogens is 1. The molecule has 1 aromatic rings. The molecule has 0 amide bonds. The quantitative estimate of drug-likeness (QED) is 0.699. The summed E-state index contributed by atoms with van der Waals surface area (Å²) in [5.74, 6) is 0. The van der Waals surface area contributed by atoms with Crippen LogP contribution in [0.4, 0.5) is 0 Å². The zero-order valence-corrected chi connectivity index (χ0v) is 8.43. The summed E-state index contributed by atoms with van der Waals surface area (Å²) in [7, 11) is 0. The Balaban J connectivity index is 2.28. The van der Waals surface area contributed by atoms with Gasteiger partial charge in [0.2, 0.25) is 0 Å². The molecule has 0 spiro atoms. The second-order valence-corrected chi connectivity index (χ2v) is 3.90. The fourth-order valence-corrected chi connectivity index (χ4v) is 2.08. The van der Waals surface area contributed by atoms with Crippen molar-refractivity contribution in [3.8, 4) is 0 Å². The topological polar surface area (TPSA) is 24.9 Å². The molecular formula is C10H13ClN2. The lowest BCUT2D eigenvalue weighted by molar-refractivity contribution is 0.646. The lowest BCUT2D eigenvalue weighted by Gasteiger charge is -2.11. The Kier molecular flexibility index (Phi) is 2.51. The summed E-state index contributed by atoms with van der Waals surface area (Å²) in [5, 5.41) is 4.04. The van der Waals surface area contributed by atoms with Gasteiger partial charge in [0.25, 0.3) is 0 Å². The van der Waals surface area contributed by atoms with E-state index in [1.807, 2.05) is 13.0 Å². The van der Waals surface area contributed by atoms with Crippen molar-refractivity contribution in [2.45, 2.75) is 25.8 Å². The number of nitrogens with one attached hydrogen (secondary N) is 1. The van der Waals surface area contributed by atoms with E-state index < -0.39 is 0 Å². The van der Waals surface area contributed by atoms with E-state index in [0.717, 1.165) is 12.2 Å². The largest absolute Gasteiger partial charge is 0.310 e. The highest BCUT2D eigenvalue weighted by Crippen LogP contribution is 2.24. The second kappa shape index (κ2) is 3.64. The van der Waals surface area contributed by atoms with Gasteiger partial charge >= 0.3 is 0 Å². The first-order chi connectivity index (χ1) is 6.25. The molecule has 2 rings (SSSR count). The van der Waals surface area contributed by atoms with Gasteiger partial charge in [-0.15, -0.1) is 0 Å². The monoisotopic (exact) mass is 196 g/mol. The molecular weight excluding hydrogens is 184 g/mol. The Bertz CT molecular complexity index is 286. The Morgan fingerprint density at radius 2 is 2.38 bits per heavy atom. The van der Waals surface area contributed by atoms with Crippen molar-refractivity contribution in [3.05, 3.63) is 28.5 Å². The fraction of sp³-hybridized carbons (Fsp3) is 0.500. The average molecular weight is 197 g/mol. The van der Waals surface area contributed by atoms with Crippen molar-refractivity contribution >= 4 is 11.6 Å². The number of nitrogens with zero attached hydrogens (tertiary/aromatic N) is 1. The minimum atomic E-state index is 0.485. The van der Waals surface area contributed by atoms with Crippen LogP contribution in [0.2, 0.25) is 5.15 Å². The molecule has 1 aliphatic rings. The molecule has 2 nitrogen and oxygen atoms in total. The Hall–Kier alpha value is -0.600. The van der Waals surface area contributed by atoms with Crippen LogP contribution >= 0.6 is 11.6 Å². The van der Waals surface area contributed by atoms with E-state index in [-0.39, 0.29) is 0 Å². The number of aromatic nitrogens is 1. The van der Waals surface area contributed by atoms with Gasteiger partial charge in [0.1, 0.15) is 5.15 Å². The van der Waals surface area contributed by atoms with Crippen LogP contribution in [0.25, 0.3) is 0 Å². The molecule has 0 bridgehead atoms. The molecule has 0 radical (unpaired) electrons. The minimum absolute atomic E-state index is 0.485. The molecule has 70 valence electrons. The second-order valence-electron chi connectivity index (χ2n) is 3.51. The van der Waals surface area contributed by atoms with Crippen LogP contribution < -0.4 is 5.32 Å². The van der Waals surface area contributed by atoms with E-state index in [1.54, 1.807) is 0 Å². The first-order valence-electron chi connectivity index (χ1n) is 4.63. The van der Waals surface area contributed by atoms with Crippen molar-refractivity contribution in [1.29, 1.82) is 0 Å². The van der Waals surface area contributed by atoms with Gasteiger partial charge in [-0.25, -0.2) is 4.98 Å². The number of pyridine rings is 1. The molecule has 3 heteroatoms. The summed E-state index contributed by atoms with van der Waals surface area (Å²) in [6.45, 7) is 3.09. The molecule has 0 aliphatic carbocycles. The van der Waals surface area contributed by atoms with Gasteiger partial charge in [0.15, 0.2) is 0 Å². The molecule has 1 aliphatic heterocycles. The van der Waals surface area contributed by atoms with Crippen molar-refractivity contribution in [2.75, 3.05) is 6.54 Å². The summed E-state index contributed by atoms with van der Waals surface area (Å²) in [6, 6.07) is 4.55. The predicted octanol–water partition coefficient (Wildman–Crippen LogP) is 2.47. The molecule has 1 fully saturated rings. The van der Waals surface area contributed by atoms with Gasteiger partial charge in [0.05, 0.1) is 0 Å². The molecule has 1 atom stereocenters. The van der Waals surface area contributed by atoms with Crippen molar-refractivity contribution in [3.63, 3.8) is 0 Å². The molecule has 0 aromatic carbocycles. The summed E-state index contributed by atoms with van der Waals surface area (Å²) in [4.78, 5) is 4.14. The molecule has 13 heavy (non-hydrogen) atoms. The third-order valence-corrected chi connectivity index (χ3v) is 2.60. The first kappa shape index (κ1) is 8.97. The van der Waals surface area contributed by atoms with E-state index in [9.17, 15) is 0 Å². The maximum atomic E-state index is 5.89. The van der Waals surface area contributed by atoms with E-state index >= 15 is 0 Å². The summed E-state index contributed by atoms with van der Waals surface area (Å²) < 4.78 is 0. The normalized spacial score (nSPS) is 22.2. The highest BCUT2D eigenvalue weighted by atomic mass is 35.5. The molecule has 1 N–H and O–H groups in total. The zero-order chi connectivity index (χ0) is 9.26. The lowest BCUT2D eigenvalue weighted by Crippen LogP contribution is -2.13. The third kappa shape index (κ3) is 2.01. The molecule has 1 aromatic heterocycles. The fourth-order valence-electron chi connectivity index (χ4n) is 1.82. The summed E-state index contributed by atoms with van der Waals surface area (Å²) >= 11 is 5.89. The van der Waals surface area contributed by atoms with E-state index in [2.05, 4.69) is 16.4 Å². The third-order valence-electron chi connectivity index (χ3n) is 2.41. The maximum Gasteiger partial charge on any atom is 0.129 e. The summed E-state index contributed by atoms with van der Waals surface area (Å²) in [5.41, 5.74) is 2.27. The van der Waals surface area contributed by atoms with Crippen molar-refractivity contribution in [1.82, 2.24) is 10.3 Å². The number of rotatable bonds is 1. The van der Waals surface area contributed by atoms with Crippen LogP contribution in [-0.4, -0.2) is 11.5 Å². The Morgan fingerprint density at radius 1 is 1.54 bits per heavy atom. The SMILES string of the molecule is Cc1cc(C2CCCN2)cc(Cl)n1. The zero-order valence-electron chi connectivity index (χ0n) is 7.68. The summed E-state index contributed by atoms with van der Waals surface area (Å²) in [6.07, 6.45) is 2.46. The van der Waals surface area contributed by atoms with Gasteiger partial charge in [-0.3, -0.25) is 0 Å². The first-order valence-corrected chi connectivity index (χ1v) is 5.01. The predicted molar refractivity (Wildman–Crippen MR) is 54.0 cm³/mol. The molecule has 1 saturated heterocycles. The van der Waals surface area contributed by atoms with Crippen molar-refractivity contribution in [2.24, 2.45) is 0 Å². The smallest absolute Gasteiger partial charge is 0.129 e. The number of aryl methyl sites for hydroxylation is 1. The van der Waals surface area contributed by atoms with Crippen LogP contribution in [0, 0.1) is 6.92 Å². The van der Waals surface area contributed by atoms with Crippen LogP contribution in [-0.2, 0) is 0 Å². The Labute approximate surface area is 83.3 Å². The van der Waals surface area contributed by atoms with Crippen LogP contribution in [0.5, 0.6) is 0 Å². The van der Waals surface area contributed by atoms with Crippen LogP contribution in [0.1, 0.15) is 30.1 Å². The highest BCUT2D eigenvalue weighted by Gasteiger charge is 2.16. The average Bonchev–Trinajstić information content (AvgIpc) is 2.53. The van der Waals surface area contributed by atoms with Gasteiger partial charge in [-0.2, -0.15) is 0 Å². The Morgan fingerprint density at radius 3 is 3.00 bits per heavy atom. The standard InChI is InChI=1S/C10H13ClN2/c1-7-5-8(6-10(11)13-7)9-3-2-4-12-9/h5-6,9,12H,2-4H2,1H3. The van der Waals surface area contributed by atoms with Crippen LogP contribution in [0.15, 0.2) is 12.1 Å². The maximum absolute atomic E-state index is 5.89. The number of hydrogen-bond donors (Lipinski definition) is 1. The molecule has 1 unspecified atom stereocenters. The van der Waals surface area contributed by atoms with Gasteiger partial charge in [-0.1, -0.05) is 11.6 Å². The van der Waals surface area contributed by atoms with Crippen molar-refractivity contribution < 1.29 is 0 Å². The van der Waals surface area contributed by atoms with Gasteiger partial charge < -0.3 is 5.32 Å². The lowest BCUT2D eigenvalue weighted by atomic mass is 10.1. The minimum Gasteiger partial charge on any atom is -0.310 e. The van der Waals surface area contributed by atoms with Gasteiger partial charge in [0, 0.05) is 11.7 Å². The molecule has 0 saturated carbocycles. The highest BCUT2D eigenvalue weighted by molar-refractivity contribution is 6.29. The molecule has 2 heterocycles. The van der Waals surface area contributed by atoms with E-state index in [0.29, 0.717) is 11.2 Å². The van der Waals surface area contributed by atoms with E-state index in [4.69, 9.17) is 11.6 Å². The number of hydrogen-bond acceptors (Lipinski definition) is 2. The van der Waals surface area contributed by atoms with Crippen LogP contribution in [0.3, 0.4) is 0 Å².